The highest BCUT2D eigenvalue weighted by Crippen LogP contribution is 2.26. The Bertz CT molecular complexity index is 419. The first-order chi connectivity index (χ1) is 7.57. The second-order valence-corrected chi connectivity index (χ2v) is 4.23. The van der Waals surface area contributed by atoms with Gasteiger partial charge >= 0.3 is 0 Å². The van der Waals surface area contributed by atoms with Gasteiger partial charge in [-0.15, -0.1) is 0 Å². The predicted molar refractivity (Wildman–Crippen MR) is 63.9 cm³/mol. The summed E-state index contributed by atoms with van der Waals surface area (Å²) >= 11 is 3.34. The number of azide groups is 1. The second kappa shape index (κ2) is 5.86. The van der Waals surface area contributed by atoms with Crippen molar-refractivity contribution in [2.45, 2.75) is 19.1 Å². The van der Waals surface area contributed by atoms with Gasteiger partial charge in [-0.3, -0.25) is 0 Å². The van der Waals surface area contributed by atoms with E-state index in [4.69, 9.17) is 5.53 Å². The minimum absolute atomic E-state index is 0.149. The highest BCUT2D eigenvalue weighted by molar-refractivity contribution is 9.10. The second-order valence-electron chi connectivity index (χ2n) is 3.38. The van der Waals surface area contributed by atoms with Crippen molar-refractivity contribution in [2.24, 2.45) is 5.11 Å². The number of aliphatic hydroxyl groups excluding tert-OH is 2. The first kappa shape index (κ1) is 13.0. The van der Waals surface area contributed by atoms with Gasteiger partial charge in [0.05, 0.1) is 12.6 Å². The maximum Gasteiger partial charge on any atom is 0.105 e. The van der Waals surface area contributed by atoms with E-state index < -0.39 is 12.2 Å². The Kier molecular flexibility index (Phi) is 4.76. The molecule has 2 unspecified atom stereocenters. The summed E-state index contributed by atoms with van der Waals surface area (Å²) in [4.78, 5) is 2.54. The summed E-state index contributed by atoms with van der Waals surface area (Å²) in [5, 5.41) is 22.7. The van der Waals surface area contributed by atoms with Gasteiger partial charge in [-0.1, -0.05) is 33.2 Å². The molecule has 86 valence electrons. The quantitative estimate of drug-likeness (QED) is 0.505. The SMILES string of the molecule is Cc1c(Br)cccc1C(O)C(O)CN=[N+]=[N-]. The van der Waals surface area contributed by atoms with Gasteiger partial charge in [0.15, 0.2) is 0 Å². The van der Waals surface area contributed by atoms with Crippen LogP contribution in [-0.2, 0) is 0 Å². The normalized spacial score (nSPS) is 14.0. The Labute approximate surface area is 101 Å². The van der Waals surface area contributed by atoms with Crippen LogP contribution in [0.25, 0.3) is 10.4 Å². The van der Waals surface area contributed by atoms with Crippen LogP contribution >= 0.6 is 15.9 Å². The van der Waals surface area contributed by atoms with E-state index in [0.717, 1.165) is 10.0 Å². The largest absolute Gasteiger partial charge is 0.390 e. The van der Waals surface area contributed by atoms with E-state index in [1.165, 1.54) is 0 Å². The monoisotopic (exact) mass is 285 g/mol. The van der Waals surface area contributed by atoms with E-state index in [1.807, 2.05) is 13.0 Å². The van der Waals surface area contributed by atoms with Crippen LogP contribution < -0.4 is 0 Å². The molecule has 0 saturated carbocycles. The van der Waals surface area contributed by atoms with E-state index in [0.29, 0.717) is 5.56 Å². The van der Waals surface area contributed by atoms with Crippen LogP contribution in [-0.4, -0.2) is 22.9 Å². The van der Waals surface area contributed by atoms with Gasteiger partial charge in [-0.05, 0) is 29.6 Å². The van der Waals surface area contributed by atoms with Crippen molar-refractivity contribution >= 4 is 15.9 Å². The summed E-state index contributed by atoms with van der Waals surface area (Å²) in [6.07, 6.45) is -2.15. The number of hydrogen-bond acceptors (Lipinski definition) is 3. The van der Waals surface area contributed by atoms with Gasteiger partial charge in [-0.25, -0.2) is 0 Å². The predicted octanol–water partition coefficient (Wildman–Crippen LogP) is 2.46. The molecule has 16 heavy (non-hydrogen) atoms. The average Bonchev–Trinajstić information content (AvgIpc) is 2.28. The lowest BCUT2D eigenvalue weighted by Crippen LogP contribution is -2.21. The van der Waals surface area contributed by atoms with Crippen LogP contribution in [0.5, 0.6) is 0 Å². The van der Waals surface area contributed by atoms with Crippen molar-refractivity contribution in [3.05, 3.63) is 44.2 Å². The highest BCUT2D eigenvalue weighted by Gasteiger charge is 2.19. The molecule has 0 heterocycles. The number of rotatable bonds is 4. The Morgan fingerprint density at radius 3 is 2.81 bits per heavy atom. The van der Waals surface area contributed by atoms with Crippen molar-refractivity contribution in [1.29, 1.82) is 0 Å². The lowest BCUT2D eigenvalue weighted by Gasteiger charge is -2.18. The average molecular weight is 286 g/mol. The number of nitrogens with zero attached hydrogens (tertiary/aromatic N) is 3. The molecule has 1 aromatic rings. The zero-order valence-corrected chi connectivity index (χ0v) is 10.3. The molecular weight excluding hydrogens is 274 g/mol. The van der Waals surface area contributed by atoms with Crippen LogP contribution in [0.1, 0.15) is 17.2 Å². The van der Waals surface area contributed by atoms with Crippen LogP contribution in [0.4, 0.5) is 0 Å². The summed E-state index contributed by atoms with van der Waals surface area (Å²) in [7, 11) is 0. The molecule has 0 saturated heterocycles. The van der Waals surface area contributed by atoms with E-state index in [2.05, 4.69) is 26.0 Å². The molecule has 2 atom stereocenters. The van der Waals surface area contributed by atoms with Crippen molar-refractivity contribution in [1.82, 2.24) is 0 Å². The standard InChI is InChI=1S/C10H12BrN3O2/c1-6-7(3-2-4-8(6)11)10(16)9(15)5-13-14-12/h2-4,9-10,15-16H,5H2,1H3. The van der Waals surface area contributed by atoms with Crippen LogP contribution in [0, 0.1) is 6.92 Å². The first-order valence-electron chi connectivity index (χ1n) is 4.70. The number of aliphatic hydroxyl groups is 2. The van der Waals surface area contributed by atoms with Gasteiger partial charge in [0.2, 0.25) is 0 Å². The van der Waals surface area contributed by atoms with E-state index in [9.17, 15) is 10.2 Å². The summed E-state index contributed by atoms with van der Waals surface area (Å²) in [5.41, 5.74) is 9.60. The first-order valence-corrected chi connectivity index (χ1v) is 5.49. The fraction of sp³-hybridized carbons (Fsp3) is 0.400. The Balaban J connectivity index is 2.91. The van der Waals surface area contributed by atoms with E-state index in [1.54, 1.807) is 12.1 Å². The minimum Gasteiger partial charge on any atom is -0.390 e. The third-order valence-electron chi connectivity index (χ3n) is 2.32. The summed E-state index contributed by atoms with van der Waals surface area (Å²) in [5.74, 6) is 0. The third-order valence-corrected chi connectivity index (χ3v) is 3.18. The van der Waals surface area contributed by atoms with Crippen LogP contribution in [0.3, 0.4) is 0 Å². The van der Waals surface area contributed by atoms with Crippen molar-refractivity contribution in [3.63, 3.8) is 0 Å². The van der Waals surface area contributed by atoms with Crippen LogP contribution in [0.2, 0.25) is 0 Å². The molecule has 0 aromatic heterocycles. The highest BCUT2D eigenvalue weighted by atomic mass is 79.9. The summed E-state index contributed by atoms with van der Waals surface area (Å²) in [6.45, 7) is 1.69. The number of benzene rings is 1. The molecule has 0 aliphatic carbocycles. The zero-order valence-electron chi connectivity index (χ0n) is 8.71. The molecule has 0 aliphatic heterocycles. The fourth-order valence-corrected chi connectivity index (χ4v) is 1.75. The van der Waals surface area contributed by atoms with Gasteiger partial charge < -0.3 is 10.2 Å². The number of halogens is 1. The molecule has 1 aromatic carbocycles. The molecule has 5 nitrogen and oxygen atoms in total. The zero-order chi connectivity index (χ0) is 12.1. The van der Waals surface area contributed by atoms with E-state index >= 15 is 0 Å². The van der Waals surface area contributed by atoms with Gasteiger partial charge in [0.1, 0.15) is 6.10 Å². The third kappa shape index (κ3) is 2.96. The molecule has 0 fully saturated rings. The molecule has 1 rings (SSSR count). The summed E-state index contributed by atoms with van der Waals surface area (Å²) in [6, 6.07) is 5.35. The summed E-state index contributed by atoms with van der Waals surface area (Å²) < 4.78 is 0.861. The molecule has 0 amide bonds. The van der Waals surface area contributed by atoms with Crippen LogP contribution in [0.15, 0.2) is 27.8 Å². The fourth-order valence-electron chi connectivity index (χ4n) is 1.37. The molecular formula is C10H12BrN3O2. The topological polar surface area (TPSA) is 89.2 Å². The lowest BCUT2D eigenvalue weighted by molar-refractivity contribution is 0.0240. The van der Waals surface area contributed by atoms with Crippen molar-refractivity contribution in [2.75, 3.05) is 6.54 Å². The van der Waals surface area contributed by atoms with Gasteiger partial charge in [0.25, 0.3) is 0 Å². The Morgan fingerprint density at radius 2 is 2.19 bits per heavy atom. The smallest absolute Gasteiger partial charge is 0.105 e. The van der Waals surface area contributed by atoms with Gasteiger partial charge in [-0.2, -0.15) is 0 Å². The van der Waals surface area contributed by atoms with E-state index in [-0.39, 0.29) is 6.54 Å². The Hall–Kier alpha value is -1.07. The maximum absolute atomic E-state index is 9.87. The molecule has 0 spiro atoms. The minimum atomic E-state index is -1.09. The molecule has 0 aliphatic rings. The molecule has 6 heteroatoms. The lowest BCUT2D eigenvalue weighted by atomic mass is 10.00. The van der Waals surface area contributed by atoms with Crippen molar-refractivity contribution in [3.8, 4) is 0 Å². The van der Waals surface area contributed by atoms with Gasteiger partial charge in [0, 0.05) is 9.38 Å². The maximum atomic E-state index is 9.87. The van der Waals surface area contributed by atoms with Crippen molar-refractivity contribution < 1.29 is 10.2 Å². The molecule has 0 bridgehead atoms. The molecule has 2 N–H and O–H groups in total. The molecule has 0 radical (unpaired) electrons. The number of hydrogen-bond donors (Lipinski definition) is 2. The Morgan fingerprint density at radius 1 is 1.50 bits per heavy atom.